The highest BCUT2D eigenvalue weighted by Crippen LogP contribution is 2.40. The molecule has 1 saturated carbocycles. The third kappa shape index (κ3) is 2.97. The molecule has 28 heavy (non-hydrogen) atoms. The van der Waals surface area contributed by atoms with Gasteiger partial charge in [-0.2, -0.15) is 0 Å². The van der Waals surface area contributed by atoms with Gasteiger partial charge in [0.1, 0.15) is 0 Å². The van der Waals surface area contributed by atoms with E-state index in [9.17, 15) is 9.90 Å². The summed E-state index contributed by atoms with van der Waals surface area (Å²) in [5.41, 5.74) is 5.29. The Balaban J connectivity index is 1.56. The van der Waals surface area contributed by atoms with Crippen LogP contribution in [0.5, 0.6) is 0 Å². The van der Waals surface area contributed by atoms with Crippen LogP contribution in [-0.4, -0.2) is 20.6 Å². The van der Waals surface area contributed by atoms with Crippen molar-refractivity contribution in [3.63, 3.8) is 0 Å². The molecule has 2 aromatic heterocycles. The topological polar surface area (TPSA) is 55.1 Å². The Hall–Kier alpha value is -3.40. The molecule has 0 atom stereocenters. The zero-order valence-electron chi connectivity index (χ0n) is 15.4. The van der Waals surface area contributed by atoms with Crippen molar-refractivity contribution in [2.75, 3.05) is 0 Å². The molecule has 0 saturated heterocycles. The lowest BCUT2D eigenvalue weighted by Crippen LogP contribution is -2.07. The highest BCUT2D eigenvalue weighted by atomic mass is 16.4. The lowest BCUT2D eigenvalue weighted by molar-refractivity contribution is 0.0695. The van der Waals surface area contributed by atoms with Gasteiger partial charge in [0.25, 0.3) is 0 Å². The van der Waals surface area contributed by atoms with Crippen LogP contribution < -0.4 is 0 Å². The number of aromatic nitrogens is 2. The number of carboxylic acids is 1. The summed E-state index contributed by atoms with van der Waals surface area (Å²) in [6.07, 6.45) is 6.68. The van der Waals surface area contributed by atoms with Crippen molar-refractivity contribution in [2.45, 2.75) is 25.2 Å². The van der Waals surface area contributed by atoms with Gasteiger partial charge >= 0.3 is 5.97 Å². The molecule has 1 fully saturated rings. The molecule has 4 nitrogen and oxygen atoms in total. The van der Waals surface area contributed by atoms with E-state index in [1.165, 1.54) is 0 Å². The molecule has 2 heterocycles. The predicted molar refractivity (Wildman–Crippen MR) is 109 cm³/mol. The second kappa shape index (κ2) is 6.64. The monoisotopic (exact) mass is 368 g/mol. The van der Waals surface area contributed by atoms with E-state index >= 15 is 0 Å². The maximum atomic E-state index is 11.8. The van der Waals surface area contributed by atoms with Crippen LogP contribution in [0, 0.1) is 0 Å². The van der Waals surface area contributed by atoms with Gasteiger partial charge in [-0.1, -0.05) is 30.3 Å². The third-order valence-electron chi connectivity index (χ3n) is 5.49. The molecule has 0 bridgehead atoms. The number of benzene rings is 2. The number of rotatable bonds is 5. The average molecular weight is 368 g/mol. The average Bonchev–Trinajstić information content (AvgIpc) is 3.48. The number of carboxylic acid groups (broad SMARTS) is 1. The molecule has 2 aromatic carbocycles. The van der Waals surface area contributed by atoms with Crippen LogP contribution in [0.2, 0.25) is 0 Å². The molecule has 1 N–H and O–H groups in total. The van der Waals surface area contributed by atoms with Gasteiger partial charge in [0.15, 0.2) is 0 Å². The first-order chi connectivity index (χ1) is 13.7. The molecular formula is C24H20N2O2. The van der Waals surface area contributed by atoms with Gasteiger partial charge in [0.2, 0.25) is 0 Å². The molecule has 0 amide bonds. The van der Waals surface area contributed by atoms with Gasteiger partial charge in [-0.15, -0.1) is 0 Å². The van der Waals surface area contributed by atoms with E-state index in [1.54, 1.807) is 0 Å². The van der Waals surface area contributed by atoms with E-state index in [4.69, 9.17) is 0 Å². The van der Waals surface area contributed by atoms with Gasteiger partial charge < -0.3 is 9.67 Å². The minimum absolute atomic E-state index is 0.323. The zero-order chi connectivity index (χ0) is 19.1. The Morgan fingerprint density at radius 2 is 1.89 bits per heavy atom. The minimum Gasteiger partial charge on any atom is -0.478 e. The van der Waals surface area contributed by atoms with Gasteiger partial charge in [0, 0.05) is 29.9 Å². The summed E-state index contributed by atoms with van der Waals surface area (Å²) in [6, 6.07) is 20.3. The summed E-state index contributed by atoms with van der Waals surface area (Å²) in [4.78, 5) is 16.4. The first kappa shape index (κ1) is 16.8. The van der Waals surface area contributed by atoms with Crippen molar-refractivity contribution in [3.05, 3.63) is 95.4 Å². The smallest absolute Gasteiger partial charge is 0.337 e. The molecule has 4 aromatic rings. The summed E-state index contributed by atoms with van der Waals surface area (Å²) in [7, 11) is 0. The van der Waals surface area contributed by atoms with E-state index in [0.29, 0.717) is 23.6 Å². The number of carbonyl (C=O) groups is 1. The number of nitrogens with zero attached hydrogens (tertiary/aromatic N) is 2. The van der Waals surface area contributed by atoms with Gasteiger partial charge in [-0.3, -0.25) is 4.98 Å². The second-order valence-corrected chi connectivity index (χ2v) is 7.39. The summed E-state index contributed by atoms with van der Waals surface area (Å²) >= 11 is 0. The molecule has 1 aliphatic carbocycles. The lowest BCUT2D eigenvalue weighted by Gasteiger charge is -2.10. The molecule has 5 rings (SSSR count). The van der Waals surface area contributed by atoms with Crippen molar-refractivity contribution in [2.24, 2.45) is 0 Å². The largest absolute Gasteiger partial charge is 0.478 e. The van der Waals surface area contributed by atoms with Gasteiger partial charge in [-0.05, 0) is 60.2 Å². The molecule has 0 spiro atoms. The Morgan fingerprint density at radius 3 is 2.64 bits per heavy atom. The van der Waals surface area contributed by atoms with E-state index in [2.05, 4.69) is 46.1 Å². The number of hydrogen-bond donors (Lipinski definition) is 1. The predicted octanol–water partition coefficient (Wildman–Crippen LogP) is 5.19. The molecular weight excluding hydrogens is 348 g/mol. The second-order valence-electron chi connectivity index (χ2n) is 7.39. The number of para-hydroxylation sites is 1. The zero-order valence-corrected chi connectivity index (χ0v) is 15.4. The molecule has 0 radical (unpaired) electrons. The fraction of sp³-hybridized carbons (Fsp3) is 0.167. The number of aromatic carboxylic acids is 1. The van der Waals surface area contributed by atoms with Crippen molar-refractivity contribution in [1.29, 1.82) is 0 Å². The fourth-order valence-electron chi connectivity index (χ4n) is 3.85. The van der Waals surface area contributed by atoms with Crippen LogP contribution in [0.1, 0.15) is 45.9 Å². The highest BCUT2D eigenvalue weighted by Gasteiger charge is 2.26. The lowest BCUT2D eigenvalue weighted by atomic mass is 10.00. The van der Waals surface area contributed by atoms with Crippen LogP contribution in [-0.2, 0) is 6.42 Å². The van der Waals surface area contributed by atoms with E-state index in [-0.39, 0.29) is 0 Å². The van der Waals surface area contributed by atoms with Crippen molar-refractivity contribution in [1.82, 2.24) is 9.55 Å². The minimum atomic E-state index is -0.904. The Labute approximate surface area is 163 Å². The first-order valence-electron chi connectivity index (χ1n) is 9.57. The number of pyridine rings is 1. The van der Waals surface area contributed by atoms with Crippen molar-refractivity contribution < 1.29 is 9.90 Å². The van der Waals surface area contributed by atoms with E-state index in [1.807, 2.05) is 36.5 Å². The van der Waals surface area contributed by atoms with E-state index < -0.39 is 5.97 Å². The maximum Gasteiger partial charge on any atom is 0.337 e. The van der Waals surface area contributed by atoms with Crippen LogP contribution in [0.3, 0.4) is 0 Å². The standard InChI is InChI=1S/C24H20N2O2/c27-24(28)21-13-18(16-9-10-16)15-25-22(21)14-17-5-4-8-23-20(17)11-12-26(23)19-6-2-1-3-7-19/h1-8,11-13,15-16H,9-10,14H2,(H,27,28). The van der Waals surface area contributed by atoms with Gasteiger partial charge in [-0.25, -0.2) is 4.79 Å². The van der Waals surface area contributed by atoms with Crippen LogP contribution in [0.4, 0.5) is 0 Å². The molecule has 1 aliphatic rings. The Kier molecular flexibility index (Phi) is 3.97. The molecule has 138 valence electrons. The normalized spacial score (nSPS) is 13.7. The fourth-order valence-corrected chi connectivity index (χ4v) is 3.85. The van der Waals surface area contributed by atoms with E-state index in [0.717, 1.165) is 40.6 Å². The van der Waals surface area contributed by atoms with Crippen LogP contribution in [0.25, 0.3) is 16.6 Å². The molecule has 4 heteroatoms. The van der Waals surface area contributed by atoms with Crippen molar-refractivity contribution in [3.8, 4) is 5.69 Å². The van der Waals surface area contributed by atoms with Crippen LogP contribution >= 0.6 is 0 Å². The molecule has 0 aliphatic heterocycles. The maximum absolute atomic E-state index is 11.8. The quantitative estimate of drug-likeness (QED) is 0.527. The summed E-state index contributed by atoms with van der Waals surface area (Å²) in [5.74, 6) is -0.415. The van der Waals surface area contributed by atoms with Gasteiger partial charge in [0.05, 0.1) is 16.8 Å². The number of hydrogen-bond acceptors (Lipinski definition) is 2. The Bertz CT molecular complexity index is 1170. The SMILES string of the molecule is O=C(O)c1cc(C2CC2)cnc1Cc1cccc2c1ccn2-c1ccccc1. The third-order valence-corrected chi connectivity index (χ3v) is 5.49. The summed E-state index contributed by atoms with van der Waals surface area (Å²) in [5, 5.41) is 10.8. The molecule has 0 unspecified atom stereocenters. The first-order valence-corrected chi connectivity index (χ1v) is 9.57. The highest BCUT2D eigenvalue weighted by molar-refractivity contribution is 5.90. The van der Waals surface area contributed by atoms with Crippen molar-refractivity contribution >= 4 is 16.9 Å². The van der Waals surface area contributed by atoms with Crippen LogP contribution in [0.15, 0.2) is 73.1 Å². The number of fused-ring (bicyclic) bond motifs is 1. The Morgan fingerprint density at radius 1 is 1.07 bits per heavy atom. The summed E-state index contributed by atoms with van der Waals surface area (Å²) in [6.45, 7) is 0. The summed E-state index contributed by atoms with van der Waals surface area (Å²) < 4.78 is 2.15.